The lowest BCUT2D eigenvalue weighted by Crippen LogP contribution is -2.11. The van der Waals surface area contributed by atoms with Crippen LogP contribution < -0.4 is 5.32 Å². The number of hydrogen-bond donors (Lipinski definition) is 1. The molecule has 0 aliphatic heterocycles. The fraction of sp³-hybridized carbons (Fsp3) is 0.158. The molecule has 128 valence electrons. The van der Waals surface area contributed by atoms with Crippen molar-refractivity contribution in [3.63, 3.8) is 0 Å². The van der Waals surface area contributed by atoms with Gasteiger partial charge in [-0.3, -0.25) is 4.79 Å². The van der Waals surface area contributed by atoms with Gasteiger partial charge in [-0.2, -0.15) is 11.8 Å². The molecule has 0 bridgehead atoms. The second-order valence-electron chi connectivity index (χ2n) is 5.40. The second-order valence-corrected chi connectivity index (χ2v) is 6.94. The van der Waals surface area contributed by atoms with Crippen LogP contribution in [0.15, 0.2) is 65.2 Å². The van der Waals surface area contributed by atoms with Crippen molar-refractivity contribution in [3.8, 4) is 11.3 Å². The molecule has 0 fully saturated rings. The minimum Gasteiger partial charge on any atom is -0.360 e. The molecule has 1 amide bonds. The van der Waals surface area contributed by atoms with Crippen molar-refractivity contribution in [1.82, 2.24) is 5.16 Å². The number of halogens is 1. The molecule has 1 aromatic heterocycles. The lowest BCUT2D eigenvalue weighted by Gasteiger charge is -2.04. The molecule has 0 unspecified atom stereocenters. The molecule has 1 N–H and O–H groups in total. The molecule has 0 saturated carbocycles. The highest BCUT2D eigenvalue weighted by molar-refractivity contribution is 7.98. The normalized spacial score (nSPS) is 10.6. The monoisotopic (exact) mass is 372 g/mol. The molecule has 4 nitrogen and oxygen atoms in total. The number of carbonyl (C=O) groups excluding carboxylic acids is 1. The molecule has 0 aliphatic carbocycles. The molecule has 3 rings (SSSR count). The summed E-state index contributed by atoms with van der Waals surface area (Å²) in [5.41, 5.74) is 2.57. The van der Waals surface area contributed by atoms with Gasteiger partial charge in [0.25, 0.3) is 0 Å². The van der Waals surface area contributed by atoms with Crippen LogP contribution in [0.25, 0.3) is 11.3 Å². The van der Waals surface area contributed by atoms with E-state index in [1.807, 2.05) is 60.7 Å². The molecule has 1 heterocycles. The van der Waals surface area contributed by atoms with Crippen LogP contribution in [0.4, 0.5) is 5.69 Å². The van der Waals surface area contributed by atoms with Gasteiger partial charge in [-0.05, 0) is 24.3 Å². The molecule has 2 aromatic carbocycles. The average molecular weight is 373 g/mol. The number of hydrogen-bond acceptors (Lipinski definition) is 4. The van der Waals surface area contributed by atoms with Gasteiger partial charge in [-0.1, -0.05) is 47.1 Å². The van der Waals surface area contributed by atoms with Crippen LogP contribution in [0.2, 0.25) is 5.02 Å². The van der Waals surface area contributed by atoms with Gasteiger partial charge in [0.05, 0.1) is 5.75 Å². The van der Waals surface area contributed by atoms with Crippen LogP contribution in [-0.4, -0.2) is 16.8 Å². The van der Waals surface area contributed by atoms with E-state index in [2.05, 4.69) is 10.5 Å². The maximum absolute atomic E-state index is 11.9. The number of para-hydroxylation sites is 1. The van der Waals surface area contributed by atoms with E-state index >= 15 is 0 Å². The number of thioether (sulfide) groups is 1. The van der Waals surface area contributed by atoms with Crippen LogP contribution in [0.3, 0.4) is 0 Å². The van der Waals surface area contributed by atoms with E-state index in [1.54, 1.807) is 11.8 Å². The van der Waals surface area contributed by atoms with Crippen LogP contribution >= 0.6 is 23.4 Å². The van der Waals surface area contributed by atoms with E-state index in [0.717, 1.165) is 28.5 Å². The Morgan fingerprint density at radius 2 is 1.88 bits per heavy atom. The highest BCUT2D eigenvalue weighted by Crippen LogP contribution is 2.23. The molecule has 0 radical (unpaired) electrons. The van der Waals surface area contributed by atoms with E-state index in [1.165, 1.54) is 0 Å². The number of aromatic nitrogens is 1. The van der Waals surface area contributed by atoms with E-state index in [0.29, 0.717) is 17.2 Å². The molecular weight excluding hydrogens is 356 g/mol. The summed E-state index contributed by atoms with van der Waals surface area (Å²) >= 11 is 7.53. The minimum absolute atomic E-state index is 0.0122. The van der Waals surface area contributed by atoms with Crippen LogP contribution in [0.1, 0.15) is 12.2 Å². The first kappa shape index (κ1) is 17.6. The summed E-state index contributed by atoms with van der Waals surface area (Å²) in [5, 5.41) is 7.64. The third-order valence-electron chi connectivity index (χ3n) is 3.47. The van der Waals surface area contributed by atoms with Crippen molar-refractivity contribution in [2.45, 2.75) is 12.2 Å². The summed E-state index contributed by atoms with van der Waals surface area (Å²) in [6.07, 6.45) is 0.456. The first-order chi connectivity index (χ1) is 12.2. The third kappa shape index (κ3) is 5.37. The SMILES string of the molecule is O=C(CCSCc1cc(-c2ccc(Cl)cc2)no1)Nc1ccccc1. The van der Waals surface area contributed by atoms with Crippen LogP contribution in [0.5, 0.6) is 0 Å². The Bertz CT molecular complexity index is 819. The van der Waals surface area contributed by atoms with Crippen LogP contribution in [0, 0.1) is 0 Å². The number of amides is 1. The van der Waals surface area contributed by atoms with E-state index in [9.17, 15) is 4.79 Å². The second kappa shape index (κ2) is 8.74. The van der Waals surface area contributed by atoms with Gasteiger partial charge in [0.15, 0.2) is 0 Å². The Kier molecular flexibility index (Phi) is 6.14. The maximum Gasteiger partial charge on any atom is 0.225 e. The number of rotatable bonds is 7. The van der Waals surface area contributed by atoms with Crippen molar-refractivity contribution in [2.75, 3.05) is 11.1 Å². The Morgan fingerprint density at radius 3 is 2.64 bits per heavy atom. The van der Waals surface area contributed by atoms with Gasteiger partial charge in [0.1, 0.15) is 11.5 Å². The highest BCUT2D eigenvalue weighted by Gasteiger charge is 2.08. The van der Waals surface area contributed by atoms with Gasteiger partial charge in [0.2, 0.25) is 5.91 Å². The molecule has 6 heteroatoms. The first-order valence-corrected chi connectivity index (χ1v) is 9.38. The molecule has 0 aliphatic rings. The summed E-state index contributed by atoms with van der Waals surface area (Å²) in [5.74, 6) is 2.20. The Hall–Kier alpha value is -2.24. The maximum atomic E-state index is 11.9. The van der Waals surface area contributed by atoms with Crippen molar-refractivity contribution in [1.29, 1.82) is 0 Å². The molecule has 0 atom stereocenters. The lowest BCUT2D eigenvalue weighted by molar-refractivity contribution is -0.115. The zero-order chi connectivity index (χ0) is 17.5. The Labute approximate surface area is 155 Å². The summed E-state index contributed by atoms with van der Waals surface area (Å²) in [6, 6.07) is 18.8. The molecule has 0 saturated heterocycles. The van der Waals surface area contributed by atoms with Crippen LogP contribution in [-0.2, 0) is 10.5 Å². The number of nitrogens with one attached hydrogen (secondary N) is 1. The van der Waals surface area contributed by atoms with Crippen molar-refractivity contribution >= 4 is 35.0 Å². The topological polar surface area (TPSA) is 55.1 Å². The fourth-order valence-electron chi connectivity index (χ4n) is 2.22. The van der Waals surface area contributed by atoms with Gasteiger partial charge >= 0.3 is 0 Å². The zero-order valence-electron chi connectivity index (χ0n) is 13.4. The number of nitrogens with zero attached hydrogens (tertiary/aromatic N) is 1. The number of anilines is 1. The predicted octanol–water partition coefficient (Wildman–Crippen LogP) is 5.26. The summed E-state index contributed by atoms with van der Waals surface area (Å²) in [6.45, 7) is 0. The van der Waals surface area contributed by atoms with Gasteiger partial charge in [-0.25, -0.2) is 0 Å². The fourth-order valence-corrected chi connectivity index (χ4v) is 3.16. The average Bonchev–Trinajstić information content (AvgIpc) is 3.09. The van der Waals surface area contributed by atoms with Crippen molar-refractivity contribution in [3.05, 3.63) is 71.4 Å². The van der Waals surface area contributed by atoms with E-state index in [-0.39, 0.29) is 5.91 Å². The largest absolute Gasteiger partial charge is 0.360 e. The molecule has 0 spiro atoms. The molecule has 25 heavy (non-hydrogen) atoms. The highest BCUT2D eigenvalue weighted by atomic mass is 35.5. The minimum atomic E-state index is 0.0122. The third-order valence-corrected chi connectivity index (χ3v) is 4.71. The van der Waals surface area contributed by atoms with Crippen molar-refractivity contribution < 1.29 is 9.32 Å². The van der Waals surface area contributed by atoms with E-state index < -0.39 is 0 Å². The lowest BCUT2D eigenvalue weighted by atomic mass is 10.1. The molecular formula is C19H17ClN2O2S. The Balaban J connectivity index is 1.42. The van der Waals surface area contributed by atoms with Gasteiger partial charge in [-0.15, -0.1) is 0 Å². The summed E-state index contributed by atoms with van der Waals surface area (Å²) in [7, 11) is 0. The quantitative estimate of drug-likeness (QED) is 0.575. The van der Waals surface area contributed by atoms with E-state index in [4.69, 9.17) is 16.1 Å². The summed E-state index contributed by atoms with van der Waals surface area (Å²) in [4.78, 5) is 11.9. The predicted molar refractivity (Wildman–Crippen MR) is 103 cm³/mol. The number of carbonyl (C=O) groups is 1. The summed E-state index contributed by atoms with van der Waals surface area (Å²) < 4.78 is 5.35. The van der Waals surface area contributed by atoms with Crippen molar-refractivity contribution in [2.24, 2.45) is 0 Å². The van der Waals surface area contributed by atoms with Gasteiger partial charge < -0.3 is 9.84 Å². The molecule has 3 aromatic rings. The Morgan fingerprint density at radius 1 is 1.12 bits per heavy atom. The first-order valence-electron chi connectivity index (χ1n) is 7.85. The van der Waals surface area contributed by atoms with Gasteiger partial charge in [0, 0.05) is 34.5 Å². The number of benzene rings is 2. The zero-order valence-corrected chi connectivity index (χ0v) is 15.0. The smallest absolute Gasteiger partial charge is 0.225 e. The standard InChI is InChI=1S/C19H17ClN2O2S/c20-15-8-6-14(7-9-15)18-12-17(24-22-18)13-25-11-10-19(23)21-16-4-2-1-3-5-16/h1-9,12H,10-11,13H2,(H,21,23).